The van der Waals surface area contributed by atoms with Gasteiger partial charge in [-0.3, -0.25) is 4.79 Å². The molecule has 0 aliphatic carbocycles. The van der Waals surface area contributed by atoms with E-state index >= 15 is 0 Å². The first kappa shape index (κ1) is 17.2. The van der Waals surface area contributed by atoms with Gasteiger partial charge in [0.2, 0.25) is 0 Å². The van der Waals surface area contributed by atoms with Crippen LogP contribution in [0.2, 0.25) is 5.02 Å². The number of aromatic nitrogens is 2. The van der Waals surface area contributed by atoms with Crippen molar-refractivity contribution in [1.29, 1.82) is 0 Å². The van der Waals surface area contributed by atoms with Crippen LogP contribution in [0.15, 0.2) is 11.0 Å². The van der Waals surface area contributed by atoms with Crippen molar-refractivity contribution in [2.24, 2.45) is 0 Å². The zero-order chi connectivity index (χ0) is 15.2. The van der Waals surface area contributed by atoms with Crippen LogP contribution in [0, 0.1) is 0 Å². The Morgan fingerprint density at radius 3 is 2.80 bits per heavy atom. The second kappa shape index (κ2) is 7.78. The van der Waals surface area contributed by atoms with E-state index in [1.807, 2.05) is 6.92 Å². The maximum Gasteiger partial charge on any atom is 0.441 e. The number of hydrogen-bond acceptors (Lipinski definition) is 4. The van der Waals surface area contributed by atoms with Crippen LogP contribution in [0.25, 0.3) is 0 Å². The summed E-state index contributed by atoms with van der Waals surface area (Å²) in [6.07, 6.45) is 3.08. The Labute approximate surface area is 123 Å². The fraction of sp³-hybridized carbons (Fsp3) is 0.636. The highest BCUT2D eigenvalue weighted by molar-refractivity contribution is 8.00. The van der Waals surface area contributed by atoms with Gasteiger partial charge >= 0.3 is 5.51 Å². The van der Waals surface area contributed by atoms with Gasteiger partial charge < -0.3 is 5.32 Å². The van der Waals surface area contributed by atoms with E-state index in [1.54, 1.807) is 0 Å². The molecule has 1 N–H and O–H groups in total. The molecule has 0 fully saturated rings. The van der Waals surface area contributed by atoms with Gasteiger partial charge in [0.05, 0.1) is 11.9 Å². The van der Waals surface area contributed by atoms with Crippen LogP contribution in [0.5, 0.6) is 0 Å². The molecule has 9 heteroatoms. The third-order valence-corrected chi connectivity index (χ3v) is 3.49. The minimum absolute atomic E-state index is 0.0456. The van der Waals surface area contributed by atoms with E-state index in [1.165, 1.54) is 10.9 Å². The predicted octanol–water partition coefficient (Wildman–Crippen LogP) is 3.36. The molecular weight excluding hydrogens is 315 g/mol. The van der Waals surface area contributed by atoms with Crippen LogP contribution in [-0.2, 0) is 6.54 Å². The highest BCUT2D eigenvalue weighted by Gasteiger charge is 2.27. The molecule has 1 aromatic rings. The standard InChI is InChI=1S/C11H15ClF3N3OS/c1-2-3-5-18-10(19)9(12)8(7-17-18)16-4-6-20-11(13,14)15/h7,16H,2-6H2,1H3. The van der Waals surface area contributed by atoms with Crippen LogP contribution < -0.4 is 10.9 Å². The Kier molecular flexibility index (Phi) is 6.67. The van der Waals surface area contributed by atoms with Gasteiger partial charge in [0.25, 0.3) is 5.56 Å². The summed E-state index contributed by atoms with van der Waals surface area (Å²) in [4.78, 5) is 11.8. The fourth-order valence-corrected chi connectivity index (χ4v) is 2.06. The Morgan fingerprint density at radius 2 is 2.20 bits per heavy atom. The largest absolute Gasteiger partial charge is 0.441 e. The molecule has 0 aliphatic rings. The molecule has 1 heterocycles. The number of thioether (sulfide) groups is 1. The Hall–Kier alpha value is -0.890. The lowest BCUT2D eigenvalue weighted by molar-refractivity contribution is -0.0327. The van der Waals surface area contributed by atoms with Crippen LogP contribution >= 0.6 is 23.4 Å². The van der Waals surface area contributed by atoms with Gasteiger partial charge in [-0.05, 0) is 18.2 Å². The summed E-state index contributed by atoms with van der Waals surface area (Å²) < 4.78 is 37.1. The molecule has 1 rings (SSSR count). The molecule has 0 radical (unpaired) electrons. The smallest absolute Gasteiger partial charge is 0.382 e. The van der Waals surface area contributed by atoms with Crippen LogP contribution in [0.3, 0.4) is 0 Å². The molecule has 4 nitrogen and oxygen atoms in total. The number of hydrogen-bond donors (Lipinski definition) is 1. The average Bonchev–Trinajstić information content (AvgIpc) is 2.37. The van der Waals surface area contributed by atoms with E-state index in [0.29, 0.717) is 6.54 Å². The van der Waals surface area contributed by atoms with E-state index in [2.05, 4.69) is 10.4 Å². The van der Waals surface area contributed by atoms with Gasteiger partial charge in [0.15, 0.2) is 0 Å². The monoisotopic (exact) mass is 329 g/mol. The quantitative estimate of drug-likeness (QED) is 0.779. The summed E-state index contributed by atoms with van der Waals surface area (Å²) in [5, 5.41) is 6.57. The van der Waals surface area contributed by atoms with Crippen LogP contribution in [0.4, 0.5) is 18.9 Å². The molecule has 0 aromatic carbocycles. The Morgan fingerprint density at radius 1 is 1.50 bits per heavy atom. The van der Waals surface area contributed by atoms with Crippen LogP contribution in [-0.4, -0.2) is 27.6 Å². The van der Waals surface area contributed by atoms with Gasteiger partial charge in [-0.25, -0.2) is 4.68 Å². The van der Waals surface area contributed by atoms with E-state index in [-0.39, 0.29) is 34.8 Å². The van der Waals surface area contributed by atoms with Crippen molar-refractivity contribution in [1.82, 2.24) is 9.78 Å². The number of aryl methyl sites for hydroxylation is 1. The second-order valence-corrected chi connectivity index (χ2v) is 5.51. The molecule has 0 saturated carbocycles. The molecule has 0 saturated heterocycles. The number of alkyl halides is 3. The summed E-state index contributed by atoms with van der Waals surface area (Å²) in [5.74, 6) is -0.168. The Balaban J connectivity index is 2.59. The summed E-state index contributed by atoms with van der Waals surface area (Å²) in [6.45, 7) is 2.50. The van der Waals surface area contributed by atoms with Gasteiger partial charge in [0, 0.05) is 18.8 Å². The van der Waals surface area contributed by atoms with E-state index in [0.717, 1.165) is 12.8 Å². The number of nitrogens with one attached hydrogen (secondary N) is 1. The summed E-state index contributed by atoms with van der Waals surface area (Å²) in [7, 11) is 0. The molecular formula is C11H15ClF3N3OS. The maximum absolute atomic E-state index is 11.9. The second-order valence-electron chi connectivity index (χ2n) is 3.98. The molecule has 1 aromatic heterocycles. The van der Waals surface area contributed by atoms with Crippen molar-refractivity contribution >= 4 is 29.1 Å². The van der Waals surface area contributed by atoms with Crippen LogP contribution in [0.1, 0.15) is 19.8 Å². The molecule has 0 atom stereocenters. The zero-order valence-corrected chi connectivity index (χ0v) is 12.4. The first-order valence-corrected chi connectivity index (χ1v) is 7.41. The number of anilines is 1. The lowest BCUT2D eigenvalue weighted by atomic mass is 10.3. The summed E-state index contributed by atoms with van der Waals surface area (Å²) >= 11 is 5.75. The molecule has 0 unspecified atom stereocenters. The predicted molar refractivity (Wildman–Crippen MR) is 75.4 cm³/mol. The summed E-state index contributed by atoms with van der Waals surface area (Å²) in [5.41, 5.74) is -4.44. The molecule has 0 aliphatic heterocycles. The first-order valence-electron chi connectivity index (χ1n) is 6.05. The normalized spacial score (nSPS) is 11.7. The molecule has 0 bridgehead atoms. The minimum atomic E-state index is -4.26. The topological polar surface area (TPSA) is 46.9 Å². The van der Waals surface area contributed by atoms with E-state index < -0.39 is 11.1 Å². The van der Waals surface area contributed by atoms with Gasteiger partial charge in [-0.2, -0.15) is 18.3 Å². The zero-order valence-electron chi connectivity index (χ0n) is 10.8. The molecule has 0 spiro atoms. The average molecular weight is 330 g/mol. The number of nitrogens with zero attached hydrogens (tertiary/aromatic N) is 2. The minimum Gasteiger partial charge on any atom is -0.382 e. The Bertz CT molecular complexity index is 493. The number of rotatable bonds is 7. The van der Waals surface area contributed by atoms with E-state index in [9.17, 15) is 18.0 Å². The lowest BCUT2D eigenvalue weighted by Gasteiger charge is -2.10. The number of unbranched alkanes of at least 4 members (excludes halogenated alkanes) is 1. The molecule has 114 valence electrons. The third-order valence-electron chi connectivity index (χ3n) is 2.39. The van der Waals surface area contributed by atoms with E-state index in [4.69, 9.17) is 11.6 Å². The SMILES string of the molecule is CCCCn1ncc(NCCSC(F)(F)F)c(Cl)c1=O. The van der Waals surface area contributed by atoms with Crippen molar-refractivity contribution in [2.45, 2.75) is 31.8 Å². The molecule has 0 amide bonds. The highest BCUT2D eigenvalue weighted by Crippen LogP contribution is 2.29. The van der Waals surface area contributed by atoms with Crippen molar-refractivity contribution in [3.05, 3.63) is 21.6 Å². The third kappa shape index (κ3) is 5.62. The highest BCUT2D eigenvalue weighted by atomic mass is 35.5. The van der Waals surface area contributed by atoms with Gasteiger partial charge in [-0.1, -0.05) is 24.9 Å². The fourth-order valence-electron chi connectivity index (χ4n) is 1.41. The summed E-state index contributed by atoms with van der Waals surface area (Å²) in [6, 6.07) is 0. The van der Waals surface area contributed by atoms with Gasteiger partial charge in [-0.15, -0.1) is 0 Å². The van der Waals surface area contributed by atoms with Crippen molar-refractivity contribution in [2.75, 3.05) is 17.6 Å². The van der Waals surface area contributed by atoms with Crippen molar-refractivity contribution in [3.8, 4) is 0 Å². The van der Waals surface area contributed by atoms with Gasteiger partial charge in [0.1, 0.15) is 5.02 Å². The lowest BCUT2D eigenvalue weighted by Crippen LogP contribution is -2.24. The molecule has 20 heavy (non-hydrogen) atoms. The number of halogens is 4. The first-order chi connectivity index (χ1) is 9.35. The maximum atomic E-state index is 11.9. The van der Waals surface area contributed by atoms with Crippen molar-refractivity contribution in [3.63, 3.8) is 0 Å². The van der Waals surface area contributed by atoms with Crippen molar-refractivity contribution < 1.29 is 13.2 Å².